The van der Waals surface area contributed by atoms with Crippen molar-refractivity contribution in [2.24, 2.45) is 0 Å². The van der Waals surface area contributed by atoms with Gasteiger partial charge in [0.2, 0.25) is 0 Å². The number of hydrogen-bond donors (Lipinski definition) is 0. The summed E-state index contributed by atoms with van der Waals surface area (Å²) in [5, 5.41) is 0. The standard InChI is InChI=1S/C12H16O3/c1-8-5-11-6-10(14)7-12(8,15-11)4-3-9(2)13/h5,11H,3-4,6-7H2,1-2H3/t11-,12-/m0/s1. The third kappa shape index (κ3) is 1.88. The molecule has 3 nitrogen and oxygen atoms in total. The van der Waals surface area contributed by atoms with E-state index in [0.717, 1.165) is 5.57 Å². The van der Waals surface area contributed by atoms with Gasteiger partial charge in [-0.05, 0) is 25.8 Å². The van der Waals surface area contributed by atoms with Gasteiger partial charge in [-0.15, -0.1) is 0 Å². The molecular formula is C12H16O3. The van der Waals surface area contributed by atoms with E-state index in [4.69, 9.17) is 4.74 Å². The van der Waals surface area contributed by atoms with Crippen molar-refractivity contribution in [1.29, 1.82) is 0 Å². The Morgan fingerprint density at radius 3 is 3.07 bits per heavy atom. The molecule has 0 aliphatic carbocycles. The maximum Gasteiger partial charge on any atom is 0.139 e. The van der Waals surface area contributed by atoms with Crippen LogP contribution in [-0.2, 0) is 14.3 Å². The van der Waals surface area contributed by atoms with Crippen molar-refractivity contribution in [3.8, 4) is 0 Å². The van der Waals surface area contributed by atoms with Gasteiger partial charge in [0.1, 0.15) is 11.6 Å². The molecule has 15 heavy (non-hydrogen) atoms. The fourth-order valence-corrected chi connectivity index (χ4v) is 2.47. The Kier molecular flexibility index (Phi) is 2.51. The number of Topliss-reactive ketones (excluding diaryl/α,β-unsaturated/α-hetero) is 2. The zero-order valence-electron chi connectivity index (χ0n) is 9.21. The summed E-state index contributed by atoms with van der Waals surface area (Å²) in [7, 11) is 0. The van der Waals surface area contributed by atoms with Gasteiger partial charge < -0.3 is 9.53 Å². The van der Waals surface area contributed by atoms with Gasteiger partial charge in [0.05, 0.1) is 11.7 Å². The third-order valence-corrected chi connectivity index (χ3v) is 3.32. The van der Waals surface area contributed by atoms with Gasteiger partial charge >= 0.3 is 0 Å². The topological polar surface area (TPSA) is 43.4 Å². The SMILES string of the molecule is CC(=O)CC[C@]12CC(=O)C[C@H](C=C1C)O2. The van der Waals surface area contributed by atoms with E-state index in [9.17, 15) is 9.59 Å². The van der Waals surface area contributed by atoms with E-state index >= 15 is 0 Å². The van der Waals surface area contributed by atoms with Crippen LogP contribution in [0.3, 0.4) is 0 Å². The minimum absolute atomic E-state index is 0.0433. The van der Waals surface area contributed by atoms with Gasteiger partial charge in [0.25, 0.3) is 0 Å². The largest absolute Gasteiger partial charge is 0.362 e. The molecule has 0 aromatic carbocycles. The van der Waals surface area contributed by atoms with Crippen LogP contribution in [0.2, 0.25) is 0 Å². The third-order valence-electron chi connectivity index (χ3n) is 3.32. The second-order valence-electron chi connectivity index (χ2n) is 4.62. The van der Waals surface area contributed by atoms with Crippen molar-refractivity contribution < 1.29 is 14.3 Å². The second-order valence-corrected chi connectivity index (χ2v) is 4.62. The van der Waals surface area contributed by atoms with Gasteiger partial charge in [0, 0.05) is 19.3 Å². The van der Waals surface area contributed by atoms with E-state index in [-0.39, 0.29) is 17.7 Å². The van der Waals surface area contributed by atoms with Gasteiger partial charge in [0.15, 0.2) is 0 Å². The van der Waals surface area contributed by atoms with E-state index in [0.29, 0.717) is 25.7 Å². The highest BCUT2D eigenvalue weighted by Gasteiger charge is 2.46. The molecule has 0 spiro atoms. The van der Waals surface area contributed by atoms with Crippen LogP contribution in [0.4, 0.5) is 0 Å². The Balaban J connectivity index is 2.14. The summed E-state index contributed by atoms with van der Waals surface area (Å²) in [6, 6.07) is 0. The van der Waals surface area contributed by atoms with E-state index in [1.165, 1.54) is 0 Å². The highest BCUT2D eigenvalue weighted by molar-refractivity contribution is 5.83. The van der Waals surface area contributed by atoms with Crippen LogP contribution in [0.1, 0.15) is 39.5 Å². The van der Waals surface area contributed by atoms with Crippen LogP contribution in [-0.4, -0.2) is 23.3 Å². The first-order chi connectivity index (χ1) is 7.02. The lowest BCUT2D eigenvalue weighted by Gasteiger charge is -2.34. The molecule has 0 aromatic rings. The average molecular weight is 208 g/mol. The Bertz CT molecular complexity index is 343. The molecule has 0 amide bonds. The smallest absolute Gasteiger partial charge is 0.139 e. The lowest BCUT2D eigenvalue weighted by atomic mass is 9.85. The molecule has 1 saturated heterocycles. The van der Waals surface area contributed by atoms with Crippen LogP contribution in [0.5, 0.6) is 0 Å². The van der Waals surface area contributed by atoms with Crippen LogP contribution in [0, 0.1) is 0 Å². The van der Waals surface area contributed by atoms with Crippen molar-refractivity contribution in [3.05, 3.63) is 11.6 Å². The molecule has 2 atom stereocenters. The van der Waals surface area contributed by atoms with E-state index in [1.807, 2.05) is 13.0 Å². The van der Waals surface area contributed by atoms with E-state index < -0.39 is 5.60 Å². The molecule has 0 radical (unpaired) electrons. The highest BCUT2D eigenvalue weighted by atomic mass is 16.5. The molecule has 82 valence electrons. The van der Waals surface area contributed by atoms with Gasteiger partial charge in [-0.25, -0.2) is 0 Å². The number of hydrogen-bond acceptors (Lipinski definition) is 3. The van der Waals surface area contributed by atoms with Crippen molar-refractivity contribution in [1.82, 2.24) is 0 Å². The Hall–Kier alpha value is -0.960. The van der Waals surface area contributed by atoms with Crippen LogP contribution < -0.4 is 0 Å². The molecule has 2 rings (SSSR count). The molecule has 0 unspecified atom stereocenters. The summed E-state index contributed by atoms with van der Waals surface area (Å²) >= 11 is 0. The van der Waals surface area contributed by atoms with E-state index in [2.05, 4.69) is 0 Å². The van der Waals surface area contributed by atoms with E-state index in [1.54, 1.807) is 6.92 Å². The lowest BCUT2D eigenvalue weighted by Crippen LogP contribution is -2.40. The number of carbonyl (C=O) groups is 2. The van der Waals surface area contributed by atoms with Crippen molar-refractivity contribution in [2.75, 3.05) is 0 Å². The molecule has 0 aromatic heterocycles. The van der Waals surface area contributed by atoms with Gasteiger partial charge in [-0.1, -0.05) is 6.08 Å². The first kappa shape index (κ1) is 10.6. The summed E-state index contributed by atoms with van der Waals surface area (Å²) in [4.78, 5) is 22.5. The van der Waals surface area contributed by atoms with Crippen molar-refractivity contribution >= 4 is 11.6 Å². The highest BCUT2D eigenvalue weighted by Crippen LogP contribution is 2.42. The monoisotopic (exact) mass is 208 g/mol. The number of carbonyl (C=O) groups excluding carboxylic acids is 2. The average Bonchev–Trinajstić information content (AvgIpc) is 2.35. The Morgan fingerprint density at radius 2 is 2.40 bits per heavy atom. The number of ether oxygens (including phenoxy) is 1. The quantitative estimate of drug-likeness (QED) is 0.664. The fourth-order valence-electron chi connectivity index (χ4n) is 2.47. The van der Waals surface area contributed by atoms with Crippen molar-refractivity contribution in [3.63, 3.8) is 0 Å². The molecule has 2 aliphatic rings. The van der Waals surface area contributed by atoms with Crippen LogP contribution in [0.15, 0.2) is 11.6 Å². The zero-order valence-corrected chi connectivity index (χ0v) is 9.21. The maximum absolute atomic E-state index is 11.5. The van der Waals surface area contributed by atoms with Gasteiger partial charge in [-0.3, -0.25) is 4.79 Å². The summed E-state index contributed by atoms with van der Waals surface area (Å²) in [6.07, 6.45) is 4.07. The second kappa shape index (κ2) is 3.56. The fraction of sp³-hybridized carbons (Fsp3) is 0.667. The van der Waals surface area contributed by atoms with Crippen LogP contribution in [0.25, 0.3) is 0 Å². The molecule has 2 aliphatic heterocycles. The van der Waals surface area contributed by atoms with Gasteiger partial charge in [-0.2, -0.15) is 0 Å². The Labute approximate surface area is 89.5 Å². The maximum atomic E-state index is 11.5. The first-order valence-electron chi connectivity index (χ1n) is 5.40. The lowest BCUT2D eigenvalue weighted by molar-refractivity contribution is -0.140. The minimum atomic E-state index is -0.453. The molecule has 1 fully saturated rings. The zero-order chi connectivity index (χ0) is 11.1. The molecular weight excluding hydrogens is 192 g/mol. The molecule has 0 saturated carbocycles. The normalized spacial score (nSPS) is 34.1. The molecule has 2 bridgehead atoms. The summed E-state index contributed by atoms with van der Waals surface area (Å²) in [6.45, 7) is 3.57. The predicted molar refractivity (Wildman–Crippen MR) is 55.5 cm³/mol. The summed E-state index contributed by atoms with van der Waals surface area (Å²) in [5.41, 5.74) is 0.672. The molecule has 0 N–H and O–H groups in total. The summed E-state index contributed by atoms with van der Waals surface area (Å²) < 4.78 is 5.85. The summed E-state index contributed by atoms with van der Waals surface area (Å²) in [5.74, 6) is 0.408. The predicted octanol–water partition coefficient (Wildman–Crippen LogP) is 1.80. The number of fused-ring (bicyclic) bond motifs is 2. The van der Waals surface area contributed by atoms with Crippen LogP contribution >= 0.6 is 0 Å². The Morgan fingerprint density at radius 1 is 1.67 bits per heavy atom. The molecule has 3 heteroatoms. The first-order valence-corrected chi connectivity index (χ1v) is 5.40. The number of rotatable bonds is 3. The van der Waals surface area contributed by atoms with Crippen molar-refractivity contribution in [2.45, 2.75) is 51.2 Å². The molecule has 2 heterocycles. The number of ketones is 2. The minimum Gasteiger partial charge on any atom is -0.362 e.